The first-order valence-electron chi connectivity index (χ1n) is 10.3. The number of carbonyl (C=O) groups excluding carboxylic acids is 2. The zero-order valence-electron chi connectivity index (χ0n) is 17.9. The van der Waals surface area contributed by atoms with Gasteiger partial charge in [0.25, 0.3) is 5.91 Å². The largest absolute Gasteiger partial charge is 0.435 e. The van der Waals surface area contributed by atoms with Crippen molar-refractivity contribution in [3.8, 4) is 5.75 Å². The Morgan fingerprint density at radius 1 is 0.861 bits per heavy atom. The number of rotatable bonds is 7. The lowest BCUT2D eigenvalue weighted by Gasteiger charge is -2.11. The maximum atomic E-state index is 13.0. The maximum Gasteiger partial charge on any atom is 0.387 e. The van der Waals surface area contributed by atoms with E-state index in [1.54, 1.807) is 18.2 Å². The number of carbonyl (C=O) groups is 2. The summed E-state index contributed by atoms with van der Waals surface area (Å²) < 4.78 is 27.5. The van der Waals surface area contributed by atoms with Crippen LogP contribution in [-0.2, 0) is 4.79 Å². The molecule has 36 heavy (non-hydrogen) atoms. The van der Waals surface area contributed by atoms with Gasteiger partial charge in [0.15, 0.2) is 0 Å². The summed E-state index contributed by atoms with van der Waals surface area (Å²) in [5.41, 5.74) is 1.30. The minimum Gasteiger partial charge on any atom is -0.435 e. The molecule has 2 amide bonds. The number of hydrogen-bond acceptors (Lipinski definition) is 3. The van der Waals surface area contributed by atoms with Crippen molar-refractivity contribution in [2.75, 3.05) is 10.6 Å². The van der Waals surface area contributed by atoms with E-state index < -0.39 is 34.6 Å². The molecule has 2 atom stereocenters. The van der Waals surface area contributed by atoms with E-state index in [4.69, 9.17) is 58.0 Å². The third-order valence-corrected chi connectivity index (χ3v) is 7.10. The lowest BCUT2D eigenvalue weighted by molar-refractivity contribution is -0.117. The molecule has 0 spiro atoms. The van der Waals surface area contributed by atoms with Crippen LogP contribution < -0.4 is 15.4 Å². The van der Waals surface area contributed by atoms with Gasteiger partial charge in [-0.3, -0.25) is 9.59 Å². The number of halogens is 7. The second kappa shape index (κ2) is 10.6. The molecule has 0 bridgehead atoms. The second-order valence-electron chi connectivity index (χ2n) is 7.87. The van der Waals surface area contributed by atoms with E-state index in [0.29, 0.717) is 21.3 Å². The third kappa shape index (κ3) is 5.98. The van der Waals surface area contributed by atoms with Crippen molar-refractivity contribution in [2.24, 2.45) is 5.92 Å². The zero-order chi connectivity index (χ0) is 26.2. The molecule has 188 valence electrons. The fraction of sp³-hybridized carbons (Fsp3) is 0.167. The Balaban J connectivity index is 1.46. The smallest absolute Gasteiger partial charge is 0.387 e. The van der Waals surface area contributed by atoms with Gasteiger partial charge in [0.1, 0.15) is 10.1 Å². The van der Waals surface area contributed by atoms with Gasteiger partial charge in [-0.1, -0.05) is 34.8 Å². The van der Waals surface area contributed by atoms with Gasteiger partial charge >= 0.3 is 6.61 Å². The number of benzene rings is 3. The number of amides is 2. The number of anilines is 2. The van der Waals surface area contributed by atoms with E-state index in [-0.39, 0.29) is 22.0 Å². The van der Waals surface area contributed by atoms with Crippen molar-refractivity contribution in [1.82, 2.24) is 0 Å². The van der Waals surface area contributed by atoms with Crippen molar-refractivity contribution < 1.29 is 23.1 Å². The Bertz CT molecular complexity index is 1300. The monoisotopic (exact) mass is 592 g/mol. The standard InChI is InChI=1S/C24H15Cl5F2N2O3/c25-12-7-11(8-13(26)9-12)19-20(24(19,28)29)22(35)33-15-3-6-18(27)17(10-15)21(34)32-14-1-4-16(5-2-14)36-23(30)31/h1-10,19-20,23H,(H,32,34)(H,33,35)/t19-,20+/m0/s1. The van der Waals surface area contributed by atoms with Crippen molar-refractivity contribution in [2.45, 2.75) is 16.9 Å². The molecular weight excluding hydrogens is 580 g/mol. The summed E-state index contributed by atoms with van der Waals surface area (Å²) in [6.07, 6.45) is 0. The van der Waals surface area contributed by atoms with Gasteiger partial charge in [0.05, 0.1) is 16.5 Å². The van der Waals surface area contributed by atoms with Gasteiger partial charge in [-0.05, 0) is 66.2 Å². The molecule has 0 aliphatic heterocycles. The van der Waals surface area contributed by atoms with Gasteiger partial charge in [-0.25, -0.2) is 0 Å². The lowest BCUT2D eigenvalue weighted by Crippen LogP contribution is -2.18. The Morgan fingerprint density at radius 3 is 2.08 bits per heavy atom. The molecule has 5 nitrogen and oxygen atoms in total. The fourth-order valence-electron chi connectivity index (χ4n) is 3.74. The maximum absolute atomic E-state index is 13.0. The van der Waals surface area contributed by atoms with Crippen LogP contribution in [0.5, 0.6) is 5.75 Å². The molecule has 4 rings (SSSR count). The van der Waals surface area contributed by atoms with Crippen molar-refractivity contribution in [3.63, 3.8) is 0 Å². The summed E-state index contributed by atoms with van der Waals surface area (Å²) >= 11 is 31.1. The molecule has 0 saturated heterocycles. The predicted molar refractivity (Wildman–Crippen MR) is 138 cm³/mol. The summed E-state index contributed by atoms with van der Waals surface area (Å²) in [5, 5.41) is 6.20. The van der Waals surface area contributed by atoms with E-state index in [1.165, 1.54) is 42.5 Å². The third-order valence-electron chi connectivity index (χ3n) is 5.40. The minimum atomic E-state index is -2.96. The van der Waals surface area contributed by atoms with Gasteiger partial charge in [0.2, 0.25) is 5.91 Å². The molecule has 1 aliphatic carbocycles. The Kier molecular flexibility index (Phi) is 7.88. The van der Waals surface area contributed by atoms with Crippen LogP contribution in [0, 0.1) is 5.92 Å². The normalized spacial score (nSPS) is 18.0. The highest BCUT2D eigenvalue weighted by Gasteiger charge is 2.67. The van der Waals surface area contributed by atoms with Crippen LogP contribution in [0.4, 0.5) is 20.2 Å². The van der Waals surface area contributed by atoms with Crippen LogP contribution in [-0.4, -0.2) is 22.8 Å². The number of ether oxygens (including phenoxy) is 1. The summed E-state index contributed by atoms with van der Waals surface area (Å²) in [6.45, 7) is -2.96. The summed E-state index contributed by atoms with van der Waals surface area (Å²) in [6, 6.07) is 14.5. The Hall–Kier alpha value is -2.29. The van der Waals surface area contributed by atoms with Gasteiger partial charge in [-0.2, -0.15) is 8.78 Å². The summed E-state index contributed by atoms with van der Waals surface area (Å²) in [7, 11) is 0. The molecular formula is C24H15Cl5F2N2O3. The minimum absolute atomic E-state index is 0.0566. The Morgan fingerprint density at radius 2 is 1.47 bits per heavy atom. The predicted octanol–water partition coefficient (Wildman–Crippen LogP) is 8.03. The Labute approximate surface area is 229 Å². The van der Waals surface area contributed by atoms with Crippen LogP contribution in [0.3, 0.4) is 0 Å². The van der Waals surface area contributed by atoms with Crippen molar-refractivity contribution in [1.29, 1.82) is 0 Å². The number of hydrogen-bond donors (Lipinski definition) is 2. The van der Waals surface area contributed by atoms with E-state index in [9.17, 15) is 18.4 Å². The van der Waals surface area contributed by atoms with Crippen LogP contribution in [0.15, 0.2) is 60.7 Å². The van der Waals surface area contributed by atoms with Crippen molar-refractivity contribution in [3.05, 3.63) is 86.9 Å². The SMILES string of the molecule is O=C(Nc1ccc(OC(F)F)cc1)c1cc(NC(=O)[C@H]2[C@H](c3cc(Cl)cc(Cl)c3)C2(Cl)Cl)ccc1Cl. The van der Waals surface area contributed by atoms with E-state index >= 15 is 0 Å². The summed E-state index contributed by atoms with van der Waals surface area (Å²) in [4.78, 5) is 25.7. The molecule has 1 aliphatic rings. The van der Waals surface area contributed by atoms with E-state index in [1.807, 2.05) is 0 Å². The highest BCUT2D eigenvalue weighted by atomic mass is 35.5. The molecule has 3 aromatic rings. The molecule has 12 heteroatoms. The summed E-state index contributed by atoms with van der Waals surface area (Å²) in [5.74, 6) is -2.44. The molecule has 1 fully saturated rings. The van der Waals surface area contributed by atoms with E-state index in [0.717, 1.165) is 0 Å². The van der Waals surface area contributed by atoms with Crippen LogP contribution in [0.1, 0.15) is 21.8 Å². The zero-order valence-corrected chi connectivity index (χ0v) is 21.7. The average Bonchev–Trinajstić information content (AvgIpc) is 3.37. The average molecular weight is 595 g/mol. The molecule has 0 aromatic heterocycles. The van der Waals surface area contributed by atoms with Gasteiger partial charge in [-0.15, -0.1) is 23.2 Å². The first-order valence-corrected chi connectivity index (χ1v) is 12.1. The second-order valence-corrected chi connectivity index (χ2v) is 10.6. The van der Waals surface area contributed by atoms with E-state index in [2.05, 4.69) is 15.4 Å². The fourth-order valence-corrected chi connectivity index (χ4v) is 5.31. The lowest BCUT2D eigenvalue weighted by atomic mass is 10.1. The quantitative estimate of drug-likeness (QED) is 0.272. The molecule has 1 saturated carbocycles. The van der Waals surface area contributed by atoms with Gasteiger partial charge in [0, 0.05) is 27.3 Å². The molecule has 3 aromatic carbocycles. The first kappa shape index (κ1) is 26.8. The molecule has 0 heterocycles. The van der Waals surface area contributed by atoms with Crippen molar-refractivity contribution >= 4 is 81.2 Å². The highest BCUT2D eigenvalue weighted by molar-refractivity contribution is 6.53. The van der Waals surface area contributed by atoms with Crippen LogP contribution in [0.25, 0.3) is 0 Å². The number of nitrogens with one attached hydrogen (secondary N) is 2. The first-order chi connectivity index (χ1) is 17.0. The molecule has 0 unspecified atom stereocenters. The highest BCUT2D eigenvalue weighted by Crippen LogP contribution is 2.65. The van der Waals surface area contributed by atoms with Crippen LogP contribution >= 0.6 is 58.0 Å². The van der Waals surface area contributed by atoms with Crippen LogP contribution in [0.2, 0.25) is 15.1 Å². The molecule has 0 radical (unpaired) electrons. The molecule has 2 N–H and O–H groups in total. The van der Waals surface area contributed by atoms with Gasteiger partial charge < -0.3 is 15.4 Å². The topological polar surface area (TPSA) is 67.4 Å². The number of alkyl halides is 4.